The molecule has 2 nitrogen and oxygen atoms in total. The summed E-state index contributed by atoms with van der Waals surface area (Å²) in [5.74, 6) is 0.762. The van der Waals surface area contributed by atoms with Gasteiger partial charge in [0.25, 0.3) is 0 Å². The molecule has 2 rings (SSSR count). The number of ether oxygens (including phenoxy) is 1. The molecule has 1 fully saturated rings. The summed E-state index contributed by atoms with van der Waals surface area (Å²) >= 11 is 1.58. The van der Waals surface area contributed by atoms with Gasteiger partial charge < -0.3 is 4.74 Å². The minimum Gasteiger partial charge on any atom is -0.370 e. The maximum atomic E-state index is 12.6. The largest absolute Gasteiger partial charge is 0.370 e. The molecule has 1 aliphatic rings. The Balaban J connectivity index is 2.25. The third kappa shape index (κ3) is 2.45. The highest BCUT2D eigenvalue weighted by Crippen LogP contribution is 2.38. The number of carbonyl (C=O) groups is 1. The smallest absolute Gasteiger partial charge is 0.204 e. The molecule has 0 aromatic carbocycles. The molecule has 3 heteroatoms. The van der Waals surface area contributed by atoms with Crippen LogP contribution < -0.4 is 0 Å². The second-order valence-corrected chi connectivity index (χ2v) is 6.43. The first-order valence-corrected chi connectivity index (χ1v) is 7.05. The summed E-state index contributed by atoms with van der Waals surface area (Å²) in [5, 5.41) is 0. The minimum absolute atomic E-state index is 0.185. The molecular weight excluding hydrogens is 232 g/mol. The molecule has 0 N–H and O–H groups in total. The third-order valence-corrected chi connectivity index (χ3v) is 4.72. The van der Waals surface area contributed by atoms with Crippen LogP contribution in [0.25, 0.3) is 0 Å². The average molecular weight is 252 g/mol. The zero-order valence-corrected chi connectivity index (χ0v) is 11.6. The lowest BCUT2D eigenvalue weighted by atomic mass is 9.76. The minimum atomic E-state index is -0.561. The predicted octanol–water partition coefficient (Wildman–Crippen LogP) is 3.83. The summed E-state index contributed by atoms with van der Waals surface area (Å²) in [7, 11) is 1.68. The van der Waals surface area contributed by atoms with Crippen molar-refractivity contribution in [1.82, 2.24) is 0 Å². The van der Waals surface area contributed by atoms with E-state index in [1.54, 1.807) is 18.4 Å². The van der Waals surface area contributed by atoms with Gasteiger partial charge in [-0.15, -0.1) is 11.3 Å². The first-order valence-electron chi connectivity index (χ1n) is 6.24. The standard InChI is InChI=1S/C14H20O2S/c1-10-5-4-8-14(9-10,16-3)13(15)12-7-6-11(2)17-12/h6-7,10H,4-5,8-9H2,1-3H3. The molecule has 0 bridgehead atoms. The van der Waals surface area contributed by atoms with E-state index in [0.717, 1.165) is 24.1 Å². The fraction of sp³-hybridized carbons (Fsp3) is 0.643. The number of methoxy groups -OCH3 is 1. The van der Waals surface area contributed by atoms with Gasteiger partial charge in [-0.2, -0.15) is 0 Å². The molecular formula is C14H20O2S. The highest BCUT2D eigenvalue weighted by Gasteiger charge is 2.42. The molecule has 0 radical (unpaired) electrons. The van der Waals surface area contributed by atoms with Crippen molar-refractivity contribution in [3.05, 3.63) is 21.9 Å². The van der Waals surface area contributed by atoms with Crippen molar-refractivity contribution in [2.24, 2.45) is 5.92 Å². The molecule has 0 spiro atoms. The van der Waals surface area contributed by atoms with Gasteiger partial charge in [0.15, 0.2) is 0 Å². The SMILES string of the molecule is COC1(C(=O)c2ccc(C)s2)CCCC(C)C1. The quantitative estimate of drug-likeness (QED) is 0.764. The van der Waals surface area contributed by atoms with Crippen LogP contribution in [0.15, 0.2) is 12.1 Å². The maximum absolute atomic E-state index is 12.6. The van der Waals surface area contributed by atoms with Crippen LogP contribution in [0.3, 0.4) is 0 Å². The summed E-state index contributed by atoms with van der Waals surface area (Å²) in [5.41, 5.74) is -0.561. The summed E-state index contributed by atoms with van der Waals surface area (Å²) in [6.07, 6.45) is 4.02. The first-order chi connectivity index (χ1) is 8.07. The lowest BCUT2D eigenvalue weighted by molar-refractivity contribution is -0.0299. The van der Waals surface area contributed by atoms with Crippen molar-refractivity contribution >= 4 is 17.1 Å². The van der Waals surface area contributed by atoms with Crippen molar-refractivity contribution in [2.75, 3.05) is 7.11 Å². The Kier molecular flexibility index (Phi) is 3.69. The van der Waals surface area contributed by atoms with E-state index in [1.165, 1.54) is 11.3 Å². The highest BCUT2D eigenvalue weighted by atomic mass is 32.1. The van der Waals surface area contributed by atoms with Gasteiger partial charge in [0.05, 0.1) is 4.88 Å². The number of hydrogen-bond acceptors (Lipinski definition) is 3. The van der Waals surface area contributed by atoms with Crippen LogP contribution in [-0.2, 0) is 4.74 Å². The second-order valence-electron chi connectivity index (χ2n) is 5.14. The van der Waals surface area contributed by atoms with Crippen LogP contribution in [0.1, 0.15) is 47.2 Å². The van der Waals surface area contributed by atoms with E-state index in [2.05, 4.69) is 6.92 Å². The van der Waals surface area contributed by atoms with Crippen molar-refractivity contribution in [2.45, 2.75) is 45.1 Å². The van der Waals surface area contributed by atoms with E-state index in [0.29, 0.717) is 5.92 Å². The Morgan fingerprint density at radius 1 is 1.53 bits per heavy atom. The molecule has 0 saturated heterocycles. The number of ketones is 1. The number of carbonyl (C=O) groups excluding carboxylic acids is 1. The zero-order chi connectivity index (χ0) is 12.5. The highest BCUT2D eigenvalue weighted by molar-refractivity contribution is 7.14. The number of Topliss-reactive ketones (excluding diaryl/α,β-unsaturated/α-hetero) is 1. The first kappa shape index (κ1) is 12.8. The predicted molar refractivity (Wildman–Crippen MR) is 70.8 cm³/mol. The van der Waals surface area contributed by atoms with Gasteiger partial charge in [-0.3, -0.25) is 4.79 Å². The summed E-state index contributed by atoms with van der Waals surface area (Å²) in [4.78, 5) is 14.6. The van der Waals surface area contributed by atoms with Crippen LogP contribution in [-0.4, -0.2) is 18.5 Å². The second kappa shape index (κ2) is 4.91. The lowest BCUT2D eigenvalue weighted by Crippen LogP contribution is -2.44. The van der Waals surface area contributed by atoms with Gasteiger partial charge >= 0.3 is 0 Å². The van der Waals surface area contributed by atoms with E-state index in [4.69, 9.17) is 4.74 Å². The summed E-state index contributed by atoms with van der Waals surface area (Å²) in [6, 6.07) is 3.94. The molecule has 1 aliphatic carbocycles. The fourth-order valence-corrected chi connectivity index (χ4v) is 3.67. The van der Waals surface area contributed by atoms with Crippen LogP contribution in [0.4, 0.5) is 0 Å². The maximum Gasteiger partial charge on any atom is 0.204 e. The summed E-state index contributed by atoms with van der Waals surface area (Å²) in [6.45, 7) is 4.24. The van der Waals surface area contributed by atoms with Crippen LogP contribution in [0, 0.1) is 12.8 Å². The number of aryl methyl sites for hydroxylation is 1. The topological polar surface area (TPSA) is 26.3 Å². The van der Waals surface area contributed by atoms with Gasteiger partial charge in [0, 0.05) is 12.0 Å². The molecule has 94 valence electrons. The van der Waals surface area contributed by atoms with Crippen molar-refractivity contribution in [1.29, 1.82) is 0 Å². The zero-order valence-electron chi connectivity index (χ0n) is 10.8. The van der Waals surface area contributed by atoms with Crippen molar-refractivity contribution < 1.29 is 9.53 Å². The van der Waals surface area contributed by atoms with Crippen LogP contribution in [0.2, 0.25) is 0 Å². The Bertz CT molecular complexity index is 410. The van der Waals surface area contributed by atoms with Crippen molar-refractivity contribution in [3.8, 4) is 0 Å². The third-order valence-electron chi connectivity index (χ3n) is 3.72. The van der Waals surface area contributed by atoms with Gasteiger partial charge in [0.2, 0.25) is 5.78 Å². The van der Waals surface area contributed by atoms with Crippen LogP contribution >= 0.6 is 11.3 Å². The van der Waals surface area contributed by atoms with Gasteiger partial charge in [0.1, 0.15) is 5.60 Å². The van der Waals surface area contributed by atoms with E-state index in [9.17, 15) is 4.79 Å². The normalized spacial score (nSPS) is 29.2. The van der Waals surface area contributed by atoms with E-state index < -0.39 is 5.60 Å². The molecule has 17 heavy (non-hydrogen) atoms. The molecule has 1 saturated carbocycles. The van der Waals surface area contributed by atoms with Gasteiger partial charge in [-0.1, -0.05) is 13.3 Å². The van der Waals surface area contributed by atoms with E-state index >= 15 is 0 Å². The van der Waals surface area contributed by atoms with Gasteiger partial charge in [-0.05, 0) is 44.2 Å². The Labute approximate surface area is 107 Å². The molecule has 1 aromatic rings. The molecule has 0 amide bonds. The molecule has 1 aromatic heterocycles. The average Bonchev–Trinajstić information content (AvgIpc) is 2.74. The van der Waals surface area contributed by atoms with E-state index in [1.807, 2.05) is 19.1 Å². The summed E-state index contributed by atoms with van der Waals surface area (Å²) < 4.78 is 5.63. The molecule has 2 unspecified atom stereocenters. The lowest BCUT2D eigenvalue weighted by Gasteiger charge is -2.37. The molecule has 2 atom stereocenters. The van der Waals surface area contributed by atoms with E-state index in [-0.39, 0.29) is 5.78 Å². The Morgan fingerprint density at radius 3 is 2.82 bits per heavy atom. The molecule has 0 aliphatic heterocycles. The number of hydrogen-bond donors (Lipinski definition) is 0. The van der Waals surface area contributed by atoms with Crippen molar-refractivity contribution in [3.63, 3.8) is 0 Å². The van der Waals surface area contributed by atoms with Gasteiger partial charge in [-0.25, -0.2) is 0 Å². The molecule has 1 heterocycles. The number of thiophene rings is 1. The number of rotatable bonds is 3. The Morgan fingerprint density at radius 2 is 2.29 bits per heavy atom. The monoisotopic (exact) mass is 252 g/mol. The fourth-order valence-electron chi connectivity index (χ4n) is 2.77. The Hall–Kier alpha value is -0.670. The van der Waals surface area contributed by atoms with Crippen LogP contribution in [0.5, 0.6) is 0 Å².